The lowest BCUT2D eigenvalue weighted by Crippen LogP contribution is -2.43. The number of aliphatic carboxylic acids is 1. The van der Waals surface area contributed by atoms with E-state index in [1.165, 1.54) is 12.1 Å². The third-order valence-corrected chi connectivity index (χ3v) is 5.66. The van der Waals surface area contributed by atoms with Crippen LogP contribution in [0.1, 0.15) is 43.1 Å². The first-order valence-electron chi connectivity index (χ1n) is 8.94. The molecule has 0 saturated heterocycles. The zero-order chi connectivity index (χ0) is 18.5. The number of aryl methyl sites for hydroxylation is 1. The molecule has 0 unspecified atom stereocenters. The molecule has 2 N–H and O–H groups in total. The molecule has 0 aliphatic heterocycles. The molecular weight excluding hydrogens is 335 g/mol. The van der Waals surface area contributed by atoms with Crippen LogP contribution in [0.25, 0.3) is 11.8 Å². The number of hydrogen-bond donors (Lipinski definition) is 2. The molecule has 2 atom stereocenters. The second-order valence-corrected chi connectivity index (χ2v) is 7.18. The molecule has 1 saturated carbocycles. The Morgan fingerprint density at radius 1 is 1.38 bits per heavy atom. The first-order chi connectivity index (χ1) is 12.4. The maximum absolute atomic E-state index is 13.3. The van der Waals surface area contributed by atoms with Gasteiger partial charge in [0.25, 0.3) is 0 Å². The number of halogens is 1. The number of nitrogens with zero attached hydrogens (tertiary/aromatic N) is 2. The lowest BCUT2D eigenvalue weighted by Gasteiger charge is -2.40. The maximum Gasteiger partial charge on any atom is 0.314 e. The topological polar surface area (TPSA) is 75.4 Å². The molecule has 2 aromatic rings. The van der Waals surface area contributed by atoms with Crippen LogP contribution in [0.5, 0.6) is 0 Å². The number of fused-ring (bicyclic) bond motifs is 2. The van der Waals surface area contributed by atoms with Gasteiger partial charge in [-0.1, -0.05) is 12.5 Å². The summed E-state index contributed by atoms with van der Waals surface area (Å²) in [6.07, 6.45) is 3.71. The van der Waals surface area contributed by atoms with E-state index < -0.39 is 17.5 Å². The van der Waals surface area contributed by atoms with Gasteiger partial charge < -0.3 is 10.2 Å². The second kappa shape index (κ2) is 6.06. The minimum absolute atomic E-state index is 0.235. The van der Waals surface area contributed by atoms with Gasteiger partial charge in [-0.25, -0.2) is 9.07 Å². The minimum atomic E-state index is -1.05. The first kappa shape index (κ1) is 17.0. The zero-order valence-corrected chi connectivity index (χ0v) is 14.6. The Hall–Kier alpha value is -2.47. The number of rotatable bonds is 3. The van der Waals surface area contributed by atoms with E-state index in [2.05, 4.69) is 5.10 Å². The van der Waals surface area contributed by atoms with Crippen LogP contribution < -0.4 is 0 Å². The lowest BCUT2D eigenvalue weighted by molar-refractivity contribution is -0.149. The van der Waals surface area contributed by atoms with E-state index in [-0.39, 0.29) is 12.2 Å². The molecule has 1 heterocycles. The lowest BCUT2D eigenvalue weighted by atomic mass is 9.63. The van der Waals surface area contributed by atoms with Gasteiger partial charge in [-0.3, -0.25) is 4.79 Å². The first-order valence-corrected chi connectivity index (χ1v) is 8.94. The number of benzene rings is 1. The summed E-state index contributed by atoms with van der Waals surface area (Å²) >= 11 is 0. The highest BCUT2D eigenvalue weighted by molar-refractivity contribution is 5.84. The monoisotopic (exact) mass is 356 g/mol. The Morgan fingerprint density at radius 3 is 2.77 bits per heavy atom. The van der Waals surface area contributed by atoms with Crippen molar-refractivity contribution >= 4 is 12.0 Å². The summed E-state index contributed by atoms with van der Waals surface area (Å²) in [7, 11) is 0. The molecule has 0 amide bonds. The molecule has 6 heteroatoms. The molecule has 0 spiro atoms. The Balaban J connectivity index is 1.89. The standard InChI is InChI=1S/C20H21FN2O3/c1-2-17-16-11-20(19(25)26)10-15(24)8-3-12(20)9-18(16)23(22-17)14-6-4-13(21)5-7-14/h4-7,9,15,24H,2-3,8,10-11H2,1H3,(H,25,26)/t15-,20-/m1/s1. The summed E-state index contributed by atoms with van der Waals surface area (Å²) in [6.45, 7) is 1.99. The van der Waals surface area contributed by atoms with Gasteiger partial charge >= 0.3 is 5.97 Å². The van der Waals surface area contributed by atoms with Gasteiger partial charge in [0.05, 0.1) is 28.6 Å². The SMILES string of the molecule is CCc1nn(-c2ccc(F)cc2)c2c1C[C@]1(C(=O)O)C[C@H](O)CCC1=C2. The summed E-state index contributed by atoms with van der Waals surface area (Å²) in [5.74, 6) is -1.19. The minimum Gasteiger partial charge on any atom is -0.481 e. The average molecular weight is 356 g/mol. The molecule has 1 fully saturated rings. The third kappa shape index (κ3) is 2.48. The van der Waals surface area contributed by atoms with E-state index in [4.69, 9.17) is 0 Å². The van der Waals surface area contributed by atoms with E-state index in [9.17, 15) is 19.4 Å². The van der Waals surface area contributed by atoms with Gasteiger partial charge in [0.2, 0.25) is 0 Å². The van der Waals surface area contributed by atoms with E-state index >= 15 is 0 Å². The van der Waals surface area contributed by atoms with Gasteiger partial charge in [0, 0.05) is 5.56 Å². The fraction of sp³-hybridized carbons (Fsp3) is 0.400. The fourth-order valence-corrected chi connectivity index (χ4v) is 4.27. The molecule has 26 heavy (non-hydrogen) atoms. The highest BCUT2D eigenvalue weighted by Crippen LogP contribution is 2.49. The highest BCUT2D eigenvalue weighted by atomic mass is 19.1. The fourth-order valence-electron chi connectivity index (χ4n) is 4.27. The van der Waals surface area contributed by atoms with Crippen molar-refractivity contribution in [2.45, 2.75) is 45.1 Å². The molecule has 0 radical (unpaired) electrons. The van der Waals surface area contributed by atoms with Gasteiger partial charge in [-0.2, -0.15) is 5.10 Å². The van der Waals surface area contributed by atoms with E-state index in [1.807, 2.05) is 13.0 Å². The molecule has 2 aliphatic carbocycles. The van der Waals surface area contributed by atoms with Crippen LogP contribution in [0.3, 0.4) is 0 Å². The van der Waals surface area contributed by atoms with Gasteiger partial charge in [0.1, 0.15) is 5.82 Å². The van der Waals surface area contributed by atoms with Crippen molar-refractivity contribution in [3.05, 3.63) is 52.6 Å². The Morgan fingerprint density at radius 2 is 2.12 bits per heavy atom. The average Bonchev–Trinajstić information content (AvgIpc) is 2.97. The van der Waals surface area contributed by atoms with Gasteiger partial charge in [0.15, 0.2) is 0 Å². The number of carboxylic acids is 1. The molecule has 2 aliphatic rings. The molecular formula is C20H21FN2O3. The predicted octanol–water partition coefficient (Wildman–Crippen LogP) is 3.13. The summed E-state index contributed by atoms with van der Waals surface area (Å²) < 4.78 is 15.1. The highest BCUT2D eigenvalue weighted by Gasteiger charge is 2.49. The van der Waals surface area contributed by atoms with Crippen LogP contribution in [0.2, 0.25) is 0 Å². The molecule has 0 bridgehead atoms. The smallest absolute Gasteiger partial charge is 0.314 e. The van der Waals surface area contributed by atoms with Crippen molar-refractivity contribution in [1.82, 2.24) is 9.78 Å². The summed E-state index contributed by atoms with van der Waals surface area (Å²) in [6, 6.07) is 6.13. The Kier molecular flexibility index (Phi) is 3.95. The molecule has 136 valence electrons. The van der Waals surface area contributed by atoms with Crippen molar-refractivity contribution in [3.8, 4) is 5.69 Å². The number of aliphatic hydroxyl groups excluding tert-OH is 1. The second-order valence-electron chi connectivity index (χ2n) is 7.18. The largest absolute Gasteiger partial charge is 0.481 e. The Bertz CT molecular complexity index is 901. The number of aromatic nitrogens is 2. The summed E-state index contributed by atoms with van der Waals surface area (Å²) in [4.78, 5) is 12.2. The van der Waals surface area contributed by atoms with Crippen molar-refractivity contribution in [2.24, 2.45) is 5.41 Å². The maximum atomic E-state index is 13.3. The number of aliphatic hydroxyl groups is 1. The third-order valence-electron chi connectivity index (χ3n) is 5.66. The van der Waals surface area contributed by atoms with Crippen molar-refractivity contribution in [2.75, 3.05) is 0 Å². The van der Waals surface area contributed by atoms with Crippen molar-refractivity contribution < 1.29 is 19.4 Å². The van der Waals surface area contributed by atoms with Crippen LogP contribution in [-0.4, -0.2) is 32.1 Å². The molecule has 4 rings (SSSR count). The van der Waals surface area contributed by atoms with Crippen LogP contribution in [0, 0.1) is 11.2 Å². The molecule has 1 aromatic heterocycles. The van der Waals surface area contributed by atoms with Gasteiger partial charge in [-0.05, 0) is 62.4 Å². The van der Waals surface area contributed by atoms with Crippen molar-refractivity contribution in [1.29, 1.82) is 0 Å². The number of carbonyl (C=O) groups is 1. The summed E-state index contributed by atoms with van der Waals surface area (Å²) in [5, 5.41) is 24.7. The van der Waals surface area contributed by atoms with Crippen molar-refractivity contribution in [3.63, 3.8) is 0 Å². The number of hydrogen-bond acceptors (Lipinski definition) is 3. The predicted molar refractivity (Wildman–Crippen MR) is 94.5 cm³/mol. The summed E-state index contributed by atoms with van der Waals surface area (Å²) in [5.41, 5.74) is 3.17. The molecule has 1 aromatic carbocycles. The Labute approximate surface area is 150 Å². The van der Waals surface area contributed by atoms with Crippen LogP contribution >= 0.6 is 0 Å². The van der Waals surface area contributed by atoms with Crippen LogP contribution in [-0.2, 0) is 17.6 Å². The normalized spacial score (nSPS) is 24.6. The van der Waals surface area contributed by atoms with E-state index in [0.717, 1.165) is 28.2 Å². The number of carboxylic acid groups (broad SMARTS) is 1. The zero-order valence-electron chi connectivity index (χ0n) is 14.6. The quantitative estimate of drug-likeness (QED) is 0.886. The van der Waals surface area contributed by atoms with Crippen LogP contribution in [0.4, 0.5) is 4.39 Å². The van der Waals surface area contributed by atoms with E-state index in [1.54, 1.807) is 16.8 Å². The van der Waals surface area contributed by atoms with Gasteiger partial charge in [-0.15, -0.1) is 0 Å². The molecule has 5 nitrogen and oxygen atoms in total. The van der Waals surface area contributed by atoms with E-state index in [0.29, 0.717) is 25.7 Å². The van der Waals surface area contributed by atoms with Crippen LogP contribution in [0.15, 0.2) is 29.8 Å².